The summed E-state index contributed by atoms with van der Waals surface area (Å²) in [6.07, 6.45) is 0. The Morgan fingerprint density at radius 3 is 2.44 bits per heavy atom. The largest absolute Gasteiger partial charge is 0.489 e. The van der Waals surface area contributed by atoms with Crippen LogP contribution < -0.4 is 15.6 Å². The normalized spacial score (nSPS) is 9.44. The third kappa shape index (κ3) is 3.95. The van der Waals surface area contributed by atoms with E-state index >= 15 is 0 Å². The van der Waals surface area contributed by atoms with E-state index in [0.29, 0.717) is 6.61 Å². The minimum Gasteiger partial charge on any atom is -0.489 e. The predicted molar refractivity (Wildman–Crippen MR) is 77.1 cm³/mol. The van der Waals surface area contributed by atoms with E-state index in [-0.39, 0.29) is 12.4 Å². The molecule has 96 valence electrons. The average molecular weight is 265 g/mol. The van der Waals surface area contributed by atoms with Crippen LogP contribution in [-0.2, 0) is 6.61 Å². The second kappa shape index (κ2) is 6.89. The van der Waals surface area contributed by atoms with Crippen molar-refractivity contribution in [2.45, 2.75) is 6.61 Å². The molecule has 2 aromatic carbocycles. The van der Waals surface area contributed by atoms with Crippen LogP contribution in [0.1, 0.15) is 5.56 Å². The maximum Gasteiger partial charge on any atom is 0.121 e. The fourth-order valence-corrected chi connectivity index (χ4v) is 1.53. The third-order valence-electron chi connectivity index (χ3n) is 2.47. The van der Waals surface area contributed by atoms with Crippen molar-refractivity contribution in [1.29, 1.82) is 0 Å². The number of ether oxygens (including phenoxy) is 1. The summed E-state index contributed by atoms with van der Waals surface area (Å²) in [6, 6.07) is 17.8. The molecule has 0 bridgehead atoms. The van der Waals surface area contributed by atoms with Gasteiger partial charge in [-0.05, 0) is 17.7 Å². The second-order valence-corrected chi connectivity index (χ2v) is 3.88. The molecule has 2 aromatic rings. The molecule has 0 aliphatic rings. The molecule has 0 aromatic heterocycles. The first kappa shape index (κ1) is 14.4. The van der Waals surface area contributed by atoms with Crippen molar-refractivity contribution < 1.29 is 4.74 Å². The van der Waals surface area contributed by atoms with Gasteiger partial charge in [0.2, 0.25) is 0 Å². The molecule has 0 unspecified atom stereocenters. The summed E-state index contributed by atoms with van der Waals surface area (Å²) >= 11 is 0. The zero-order chi connectivity index (χ0) is 12.1. The molecule has 0 saturated carbocycles. The molecule has 0 atom stereocenters. The third-order valence-corrected chi connectivity index (χ3v) is 2.47. The van der Waals surface area contributed by atoms with Gasteiger partial charge in [-0.3, -0.25) is 0 Å². The Labute approximate surface area is 114 Å². The van der Waals surface area contributed by atoms with Gasteiger partial charge in [-0.2, -0.15) is 0 Å². The van der Waals surface area contributed by atoms with Gasteiger partial charge in [-0.15, -0.1) is 12.4 Å². The lowest BCUT2D eigenvalue weighted by molar-refractivity contribution is 0.306. The van der Waals surface area contributed by atoms with Crippen LogP contribution in [0.5, 0.6) is 5.75 Å². The smallest absolute Gasteiger partial charge is 0.121 e. The van der Waals surface area contributed by atoms with E-state index < -0.39 is 0 Å². The van der Waals surface area contributed by atoms with Gasteiger partial charge in [0.15, 0.2) is 0 Å². The van der Waals surface area contributed by atoms with Crippen LogP contribution >= 0.6 is 12.4 Å². The lowest BCUT2D eigenvalue weighted by Gasteiger charge is -2.13. The standard InChI is InChI=1S/C14H16N2O.ClH/c1-16(15)13-8-5-9-14(10-13)17-11-12-6-3-2-4-7-12;/h2-10H,11,15H2,1H3;1H. The van der Waals surface area contributed by atoms with Crippen molar-refractivity contribution in [1.82, 2.24) is 0 Å². The Morgan fingerprint density at radius 2 is 1.78 bits per heavy atom. The fourth-order valence-electron chi connectivity index (χ4n) is 1.53. The van der Waals surface area contributed by atoms with E-state index in [9.17, 15) is 0 Å². The summed E-state index contributed by atoms with van der Waals surface area (Å²) in [5.74, 6) is 6.49. The molecule has 2 N–H and O–H groups in total. The van der Waals surface area contributed by atoms with E-state index in [1.54, 1.807) is 12.1 Å². The first-order valence-electron chi connectivity index (χ1n) is 5.51. The number of hydrazine groups is 1. The van der Waals surface area contributed by atoms with E-state index in [2.05, 4.69) is 0 Å². The van der Waals surface area contributed by atoms with Gasteiger partial charge in [0.05, 0.1) is 5.69 Å². The van der Waals surface area contributed by atoms with Crippen LogP contribution in [0.25, 0.3) is 0 Å². The van der Waals surface area contributed by atoms with Gasteiger partial charge in [0.25, 0.3) is 0 Å². The summed E-state index contributed by atoms with van der Waals surface area (Å²) in [6.45, 7) is 0.568. The Morgan fingerprint density at radius 1 is 1.06 bits per heavy atom. The second-order valence-electron chi connectivity index (χ2n) is 3.88. The summed E-state index contributed by atoms with van der Waals surface area (Å²) in [5, 5.41) is 1.56. The van der Waals surface area contributed by atoms with Crippen LogP contribution in [0.4, 0.5) is 5.69 Å². The molecule has 0 radical (unpaired) electrons. The maximum atomic E-state index is 5.70. The zero-order valence-corrected chi connectivity index (χ0v) is 11.1. The molecule has 0 spiro atoms. The Kier molecular flexibility index (Phi) is 5.49. The molecule has 18 heavy (non-hydrogen) atoms. The Hall–Kier alpha value is -1.71. The highest BCUT2D eigenvalue weighted by molar-refractivity contribution is 5.85. The molecule has 3 nitrogen and oxygen atoms in total. The predicted octanol–water partition coefficient (Wildman–Crippen LogP) is 3.00. The SMILES string of the molecule is CN(N)c1cccc(OCc2ccccc2)c1.Cl. The molecular weight excluding hydrogens is 248 g/mol. The number of halogens is 1. The molecule has 0 saturated heterocycles. The zero-order valence-electron chi connectivity index (χ0n) is 10.2. The van der Waals surface area contributed by atoms with Crippen LogP contribution in [0.15, 0.2) is 54.6 Å². The first-order valence-corrected chi connectivity index (χ1v) is 5.51. The quantitative estimate of drug-likeness (QED) is 0.682. The minimum absolute atomic E-state index is 0. The summed E-state index contributed by atoms with van der Waals surface area (Å²) in [5.41, 5.74) is 2.08. The molecule has 0 amide bonds. The molecular formula is C14H17ClN2O. The average Bonchev–Trinajstić information content (AvgIpc) is 2.38. The van der Waals surface area contributed by atoms with Gasteiger partial charge in [0.1, 0.15) is 12.4 Å². The number of benzene rings is 2. The highest BCUT2D eigenvalue weighted by Gasteiger charge is 1.99. The highest BCUT2D eigenvalue weighted by atomic mass is 35.5. The lowest BCUT2D eigenvalue weighted by atomic mass is 10.2. The first-order chi connectivity index (χ1) is 8.25. The van der Waals surface area contributed by atoms with E-state index in [0.717, 1.165) is 17.0 Å². The molecule has 0 fully saturated rings. The monoisotopic (exact) mass is 264 g/mol. The number of anilines is 1. The van der Waals surface area contributed by atoms with E-state index in [1.165, 1.54) is 0 Å². The van der Waals surface area contributed by atoms with Gasteiger partial charge in [0, 0.05) is 13.1 Å². The van der Waals surface area contributed by atoms with Crippen LogP contribution in [0.2, 0.25) is 0 Å². The van der Waals surface area contributed by atoms with Crippen molar-refractivity contribution in [3.05, 3.63) is 60.2 Å². The van der Waals surface area contributed by atoms with Crippen LogP contribution in [0.3, 0.4) is 0 Å². The van der Waals surface area contributed by atoms with Crippen molar-refractivity contribution in [2.24, 2.45) is 5.84 Å². The topological polar surface area (TPSA) is 38.5 Å². The van der Waals surface area contributed by atoms with Crippen molar-refractivity contribution in [2.75, 3.05) is 12.1 Å². The highest BCUT2D eigenvalue weighted by Crippen LogP contribution is 2.19. The van der Waals surface area contributed by atoms with Gasteiger partial charge < -0.3 is 9.75 Å². The lowest BCUT2D eigenvalue weighted by Crippen LogP contribution is -2.24. The number of hydrogen-bond acceptors (Lipinski definition) is 3. The van der Waals surface area contributed by atoms with E-state index in [4.69, 9.17) is 10.6 Å². The molecule has 0 aliphatic heterocycles. The summed E-state index contributed by atoms with van der Waals surface area (Å²) in [7, 11) is 1.80. The van der Waals surface area contributed by atoms with Gasteiger partial charge in [-0.25, -0.2) is 5.84 Å². The fraction of sp³-hybridized carbons (Fsp3) is 0.143. The minimum atomic E-state index is 0. The van der Waals surface area contributed by atoms with E-state index in [1.807, 2.05) is 54.6 Å². The van der Waals surface area contributed by atoms with Crippen molar-refractivity contribution >= 4 is 18.1 Å². The Bertz CT molecular complexity index is 474. The van der Waals surface area contributed by atoms with Gasteiger partial charge in [-0.1, -0.05) is 36.4 Å². The Balaban J connectivity index is 0.00000162. The van der Waals surface area contributed by atoms with Crippen molar-refractivity contribution in [3.63, 3.8) is 0 Å². The van der Waals surface area contributed by atoms with Crippen molar-refractivity contribution in [3.8, 4) is 5.75 Å². The van der Waals surface area contributed by atoms with Crippen LogP contribution in [0, 0.1) is 0 Å². The molecule has 0 heterocycles. The van der Waals surface area contributed by atoms with Gasteiger partial charge >= 0.3 is 0 Å². The number of nitrogens with zero attached hydrogens (tertiary/aromatic N) is 1. The summed E-state index contributed by atoms with van der Waals surface area (Å²) < 4.78 is 5.70. The molecule has 0 aliphatic carbocycles. The molecule has 4 heteroatoms. The van der Waals surface area contributed by atoms with Crippen LogP contribution in [-0.4, -0.2) is 7.05 Å². The number of nitrogens with two attached hydrogens (primary N) is 1. The number of hydrogen-bond donors (Lipinski definition) is 1. The number of rotatable bonds is 4. The summed E-state index contributed by atoms with van der Waals surface area (Å²) in [4.78, 5) is 0. The molecule has 2 rings (SSSR count). The maximum absolute atomic E-state index is 5.70.